The summed E-state index contributed by atoms with van der Waals surface area (Å²) in [7, 11) is 0. The number of hydrogen-bond donors (Lipinski definition) is 0. The summed E-state index contributed by atoms with van der Waals surface area (Å²) < 4.78 is 5.37. The van der Waals surface area contributed by atoms with Gasteiger partial charge < -0.3 is 9.64 Å². The van der Waals surface area contributed by atoms with Gasteiger partial charge in [0.1, 0.15) is 0 Å². The molecule has 1 saturated heterocycles. The molecule has 1 aliphatic heterocycles. The van der Waals surface area contributed by atoms with Crippen LogP contribution in [0.1, 0.15) is 0 Å². The second kappa shape index (κ2) is 5.93. The van der Waals surface area contributed by atoms with Crippen LogP contribution in [0.2, 0.25) is 0 Å². The van der Waals surface area contributed by atoms with Crippen molar-refractivity contribution in [1.29, 1.82) is 0 Å². The molecular weight excluding hydrogens is 268 g/mol. The molecule has 0 aliphatic carbocycles. The molecule has 0 atom stereocenters. The summed E-state index contributed by atoms with van der Waals surface area (Å²) in [5.41, 5.74) is 2.60. The fourth-order valence-electron chi connectivity index (χ4n) is 2.65. The Morgan fingerprint density at radius 3 is 2.38 bits per heavy atom. The number of rotatable bonds is 3. The van der Waals surface area contributed by atoms with Crippen molar-refractivity contribution in [2.75, 3.05) is 31.2 Å². The summed E-state index contributed by atoms with van der Waals surface area (Å²) in [6, 6.07) is 14.8. The Morgan fingerprint density at radius 1 is 1.00 bits per heavy atom. The van der Waals surface area contributed by atoms with Crippen molar-refractivity contribution in [3.05, 3.63) is 58.6 Å². The van der Waals surface area contributed by atoms with Crippen LogP contribution in [-0.2, 0) is 4.74 Å². The van der Waals surface area contributed by atoms with E-state index in [1.54, 1.807) is 12.1 Å². The molecule has 5 nitrogen and oxygen atoms in total. The molecule has 0 aromatic heterocycles. The van der Waals surface area contributed by atoms with E-state index in [-0.39, 0.29) is 10.6 Å². The van der Waals surface area contributed by atoms with E-state index in [1.165, 1.54) is 0 Å². The van der Waals surface area contributed by atoms with Crippen molar-refractivity contribution >= 4 is 11.4 Å². The van der Waals surface area contributed by atoms with Gasteiger partial charge in [-0.1, -0.05) is 36.4 Å². The first-order valence-electron chi connectivity index (χ1n) is 6.93. The molecule has 0 radical (unpaired) electrons. The lowest BCUT2D eigenvalue weighted by Crippen LogP contribution is -2.36. The Kier molecular flexibility index (Phi) is 3.83. The van der Waals surface area contributed by atoms with Crippen LogP contribution in [0.5, 0.6) is 0 Å². The lowest BCUT2D eigenvalue weighted by molar-refractivity contribution is -0.384. The third kappa shape index (κ3) is 2.73. The Morgan fingerprint density at radius 2 is 1.71 bits per heavy atom. The van der Waals surface area contributed by atoms with E-state index in [0.717, 1.165) is 24.3 Å². The van der Waals surface area contributed by atoms with E-state index in [2.05, 4.69) is 4.90 Å². The number of nitrogens with zero attached hydrogens (tertiary/aromatic N) is 2. The van der Waals surface area contributed by atoms with Crippen LogP contribution < -0.4 is 4.90 Å². The maximum Gasteiger partial charge on any atom is 0.279 e. The fourth-order valence-corrected chi connectivity index (χ4v) is 2.65. The summed E-state index contributed by atoms with van der Waals surface area (Å²) >= 11 is 0. The largest absolute Gasteiger partial charge is 0.378 e. The van der Waals surface area contributed by atoms with Gasteiger partial charge in [0, 0.05) is 19.2 Å². The Bertz CT molecular complexity index is 637. The van der Waals surface area contributed by atoms with Gasteiger partial charge in [-0.05, 0) is 11.6 Å². The molecule has 0 spiro atoms. The lowest BCUT2D eigenvalue weighted by Gasteiger charge is -2.30. The third-order valence-electron chi connectivity index (χ3n) is 3.63. The highest BCUT2D eigenvalue weighted by Crippen LogP contribution is 2.38. The second-order valence-electron chi connectivity index (χ2n) is 4.89. The molecule has 1 heterocycles. The first kappa shape index (κ1) is 13.6. The number of nitro groups is 1. The van der Waals surface area contributed by atoms with Gasteiger partial charge in [0.2, 0.25) is 0 Å². The molecule has 0 unspecified atom stereocenters. The Hall–Kier alpha value is -2.40. The van der Waals surface area contributed by atoms with E-state index in [0.29, 0.717) is 18.8 Å². The van der Waals surface area contributed by atoms with Crippen LogP contribution in [-0.4, -0.2) is 31.2 Å². The zero-order valence-corrected chi connectivity index (χ0v) is 11.6. The van der Waals surface area contributed by atoms with Gasteiger partial charge >= 0.3 is 0 Å². The van der Waals surface area contributed by atoms with Gasteiger partial charge in [-0.15, -0.1) is 0 Å². The SMILES string of the molecule is O=[N+]([O-])c1cccc(N2CCOCC2)c1-c1ccccc1. The fraction of sp³-hybridized carbons (Fsp3) is 0.250. The highest BCUT2D eigenvalue weighted by Gasteiger charge is 2.23. The van der Waals surface area contributed by atoms with Gasteiger partial charge in [0.05, 0.1) is 29.4 Å². The van der Waals surface area contributed by atoms with E-state index < -0.39 is 0 Å². The number of ether oxygens (including phenoxy) is 1. The Balaban J connectivity index is 2.15. The molecule has 2 aromatic rings. The Labute approximate surface area is 122 Å². The molecule has 0 N–H and O–H groups in total. The minimum atomic E-state index is -0.313. The molecule has 0 saturated carbocycles. The number of nitro benzene ring substituents is 1. The quantitative estimate of drug-likeness (QED) is 0.642. The summed E-state index contributed by atoms with van der Waals surface area (Å²) in [5.74, 6) is 0. The molecule has 2 aromatic carbocycles. The second-order valence-corrected chi connectivity index (χ2v) is 4.89. The predicted molar refractivity (Wildman–Crippen MR) is 81.6 cm³/mol. The topological polar surface area (TPSA) is 55.6 Å². The minimum absolute atomic E-state index is 0.144. The highest BCUT2D eigenvalue weighted by molar-refractivity contribution is 5.86. The average Bonchev–Trinajstić information content (AvgIpc) is 2.55. The first-order valence-corrected chi connectivity index (χ1v) is 6.93. The van der Waals surface area contributed by atoms with Gasteiger partial charge in [0.25, 0.3) is 5.69 Å². The van der Waals surface area contributed by atoms with E-state index >= 15 is 0 Å². The number of anilines is 1. The molecule has 5 heteroatoms. The monoisotopic (exact) mass is 284 g/mol. The van der Waals surface area contributed by atoms with Crippen molar-refractivity contribution in [3.63, 3.8) is 0 Å². The standard InChI is InChI=1S/C16H16N2O3/c19-18(20)15-8-4-7-14(17-9-11-21-12-10-17)16(15)13-5-2-1-3-6-13/h1-8H,9-12H2. The molecule has 1 aliphatic rings. The number of morpholine rings is 1. The molecule has 108 valence electrons. The van der Waals surface area contributed by atoms with Crippen LogP contribution in [0.3, 0.4) is 0 Å². The van der Waals surface area contributed by atoms with Crippen LogP contribution in [0, 0.1) is 10.1 Å². The van der Waals surface area contributed by atoms with Gasteiger partial charge in [-0.2, -0.15) is 0 Å². The van der Waals surface area contributed by atoms with Gasteiger partial charge in [-0.3, -0.25) is 10.1 Å². The molecule has 21 heavy (non-hydrogen) atoms. The molecule has 0 amide bonds. The highest BCUT2D eigenvalue weighted by atomic mass is 16.6. The first-order chi connectivity index (χ1) is 10.3. The summed E-state index contributed by atoms with van der Waals surface area (Å²) in [6.45, 7) is 2.80. The molecule has 3 rings (SSSR count). The van der Waals surface area contributed by atoms with Crippen LogP contribution >= 0.6 is 0 Å². The van der Waals surface area contributed by atoms with Crippen LogP contribution in [0.15, 0.2) is 48.5 Å². The van der Waals surface area contributed by atoms with E-state index in [4.69, 9.17) is 4.74 Å². The third-order valence-corrected chi connectivity index (χ3v) is 3.63. The summed E-state index contributed by atoms with van der Waals surface area (Å²) in [4.78, 5) is 13.2. The van der Waals surface area contributed by atoms with Crippen molar-refractivity contribution in [1.82, 2.24) is 0 Å². The van der Waals surface area contributed by atoms with E-state index in [9.17, 15) is 10.1 Å². The predicted octanol–water partition coefficient (Wildman–Crippen LogP) is 3.10. The molecular formula is C16H16N2O3. The molecule has 0 bridgehead atoms. The van der Waals surface area contributed by atoms with Crippen molar-refractivity contribution < 1.29 is 9.66 Å². The summed E-state index contributed by atoms with van der Waals surface area (Å²) in [5, 5.41) is 11.4. The summed E-state index contributed by atoms with van der Waals surface area (Å²) in [6.07, 6.45) is 0. The zero-order valence-electron chi connectivity index (χ0n) is 11.6. The van der Waals surface area contributed by atoms with Crippen molar-refractivity contribution in [3.8, 4) is 11.1 Å². The van der Waals surface area contributed by atoms with Gasteiger partial charge in [-0.25, -0.2) is 0 Å². The number of benzene rings is 2. The molecule has 1 fully saturated rings. The van der Waals surface area contributed by atoms with Crippen molar-refractivity contribution in [2.24, 2.45) is 0 Å². The average molecular weight is 284 g/mol. The van der Waals surface area contributed by atoms with E-state index in [1.807, 2.05) is 36.4 Å². The lowest BCUT2D eigenvalue weighted by atomic mass is 10.0. The van der Waals surface area contributed by atoms with Crippen LogP contribution in [0.25, 0.3) is 11.1 Å². The van der Waals surface area contributed by atoms with Crippen molar-refractivity contribution in [2.45, 2.75) is 0 Å². The maximum absolute atomic E-state index is 11.4. The van der Waals surface area contributed by atoms with Gasteiger partial charge in [0.15, 0.2) is 0 Å². The van der Waals surface area contributed by atoms with Crippen LogP contribution in [0.4, 0.5) is 11.4 Å². The maximum atomic E-state index is 11.4. The smallest absolute Gasteiger partial charge is 0.279 e. The normalized spacial score (nSPS) is 15.0. The number of hydrogen-bond acceptors (Lipinski definition) is 4. The minimum Gasteiger partial charge on any atom is -0.378 e. The zero-order chi connectivity index (χ0) is 14.7.